The summed E-state index contributed by atoms with van der Waals surface area (Å²) < 4.78 is 5.21. The third-order valence-corrected chi connectivity index (χ3v) is 6.34. The molecule has 0 atom stereocenters. The maximum Gasteiger partial charge on any atom is 0.123 e. The Morgan fingerprint density at radius 3 is 1.67 bits per heavy atom. The van der Waals surface area contributed by atoms with Crippen LogP contribution in [-0.4, -0.2) is 18.1 Å². The Bertz CT molecular complexity index is 1030. The number of thioether (sulfide) groups is 1. The first-order valence-electron chi connectivity index (χ1n) is 11.2. The molecule has 0 heterocycles. The molecule has 0 aliphatic carbocycles. The minimum absolute atomic E-state index is 0.124. The second kappa shape index (κ2) is 10.0. The van der Waals surface area contributed by atoms with Gasteiger partial charge in [0.05, 0.1) is 13.0 Å². The number of nitrogens with one attached hydrogen (secondary N) is 2. The molecule has 0 aliphatic heterocycles. The van der Waals surface area contributed by atoms with Gasteiger partial charge in [-0.05, 0) is 71.5 Å². The average molecular weight is 465 g/mol. The Labute approximate surface area is 202 Å². The molecule has 3 aromatic carbocycles. The van der Waals surface area contributed by atoms with Gasteiger partial charge in [0, 0.05) is 33.1 Å². The Morgan fingerprint density at radius 1 is 0.758 bits per heavy atom. The van der Waals surface area contributed by atoms with Gasteiger partial charge in [0.25, 0.3) is 0 Å². The van der Waals surface area contributed by atoms with Gasteiger partial charge in [0.15, 0.2) is 0 Å². The summed E-state index contributed by atoms with van der Waals surface area (Å²) in [5.74, 6) is 2.01. The van der Waals surface area contributed by atoms with E-state index in [0.717, 1.165) is 44.7 Å². The fraction of sp³-hybridized carbons (Fsp3) is 0.357. The minimum atomic E-state index is -0.124. The molecule has 0 aromatic heterocycles. The highest BCUT2D eigenvalue weighted by Crippen LogP contribution is 2.41. The lowest BCUT2D eigenvalue weighted by Crippen LogP contribution is -2.17. The van der Waals surface area contributed by atoms with Crippen molar-refractivity contribution in [3.8, 4) is 11.5 Å². The van der Waals surface area contributed by atoms with Gasteiger partial charge >= 0.3 is 0 Å². The summed E-state index contributed by atoms with van der Waals surface area (Å²) in [6, 6.07) is 20.4. The normalized spacial score (nSPS) is 11.8. The number of methoxy groups -OCH3 is 1. The maximum absolute atomic E-state index is 10.9. The van der Waals surface area contributed by atoms with Gasteiger partial charge in [-0.1, -0.05) is 41.5 Å². The molecule has 0 aliphatic rings. The number of rotatable bonds is 7. The topological polar surface area (TPSA) is 53.5 Å². The fourth-order valence-corrected chi connectivity index (χ4v) is 4.36. The number of phenols is 1. The smallest absolute Gasteiger partial charge is 0.123 e. The van der Waals surface area contributed by atoms with Crippen LogP contribution in [0.5, 0.6) is 11.5 Å². The molecular formula is C28H36N2O2S. The highest BCUT2D eigenvalue weighted by Gasteiger charge is 2.26. The van der Waals surface area contributed by atoms with Crippen molar-refractivity contribution in [3.05, 3.63) is 71.8 Å². The van der Waals surface area contributed by atoms with Gasteiger partial charge in [0.2, 0.25) is 0 Å². The van der Waals surface area contributed by atoms with Crippen molar-refractivity contribution < 1.29 is 9.84 Å². The Kier molecular flexibility index (Phi) is 7.53. The number of anilines is 3. The second-order valence-electron chi connectivity index (χ2n) is 10.3. The summed E-state index contributed by atoms with van der Waals surface area (Å²) in [4.78, 5) is 1.16. The molecule has 176 valence electrons. The molecule has 0 fully saturated rings. The number of aromatic hydroxyl groups is 1. The summed E-state index contributed by atoms with van der Waals surface area (Å²) in [5, 5.41) is 17.8. The predicted octanol–water partition coefficient (Wildman–Crippen LogP) is 7.90. The molecule has 0 saturated carbocycles. The van der Waals surface area contributed by atoms with E-state index in [1.54, 1.807) is 18.9 Å². The van der Waals surface area contributed by atoms with Crippen molar-refractivity contribution in [2.45, 2.75) is 57.3 Å². The Balaban J connectivity index is 1.65. The van der Waals surface area contributed by atoms with Crippen molar-refractivity contribution in [3.63, 3.8) is 0 Å². The van der Waals surface area contributed by atoms with Crippen LogP contribution in [0, 0.1) is 0 Å². The van der Waals surface area contributed by atoms with Crippen LogP contribution in [0.15, 0.2) is 65.6 Å². The van der Waals surface area contributed by atoms with Gasteiger partial charge in [-0.2, -0.15) is 0 Å². The van der Waals surface area contributed by atoms with Crippen LogP contribution in [0.25, 0.3) is 0 Å². The zero-order valence-electron chi connectivity index (χ0n) is 20.7. The second-order valence-corrected chi connectivity index (χ2v) is 11.3. The summed E-state index contributed by atoms with van der Waals surface area (Å²) in [7, 11) is 1.67. The van der Waals surface area contributed by atoms with E-state index in [0.29, 0.717) is 5.75 Å². The van der Waals surface area contributed by atoms with Crippen molar-refractivity contribution >= 4 is 28.8 Å². The molecule has 0 unspecified atom stereocenters. The van der Waals surface area contributed by atoms with Crippen LogP contribution in [-0.2, 0) is 10.8 Å². The van der Waals surface area contributed by atoms with Crippen molar-refractivity contribution in [1.82, 2.24) is 0 Å². The first-order valence-corrected chi connectivity index (χ1v) is 12.2. The molecule has 3 aromatic rings. The quantitative estimate of drug-likeness (QED) is 0.245. The SMILES string of the molecule is COc1ccc(Nc2ccc(NCSc3cc(C(C)(C)C)c(O)c(C(C)(C)C)c3)cc2)cc1. The van der Waals surface area contributed by atoms with E-state index in [1.165, 1.54) is 0 Å². The molecule has 4 nitrogen and oxygen atoms in total. The van der Waals surface area contributed by atoms with E-state index in [2.05, 4.69) is 88.6 Å². The molecule has 0 saturated heterocycles. The first kappa shape index (κ1) is 24.8. The standard InChI is InChI=1S/C28H36N2O2S/c1-27(2,3)24-16-23(17-25(26(24)31)28(4,5)6)33-18-29-19-8-10-20(11-9-19)30-21-12-14-22(32-7)15-13-21/h8-17,29-31H,18H2,1-7H3. The molecule has 0 radical (unpaired) electrons. The fourth-order valence-electron chi connectivity index (χ4n) is 3.55. The van der Waals surface area contributed by atoms with Crippen LogP contribution in [0.3, 0.4) is 0 Å². The zero-order chi connectivity index (χ0) is 24.2. The van der Waals surface area contributed by atoms with Gasteiger partial charge in [-0.15, -0.1) is 11.8 Å². The van der Waals surface area contributed by atoms with E-state index in [-0.39, 0.29) is 10.8 Å². The van der Waals surface area contributed by atoms with E-state index >= 15 is 0 Å². The molecule has 5 heteroatoms. The number of ether oxygens (including phenoxy) is 1. The molecule has 0 amide bonds. The summed E-state index contributed by atoms with van der Waals surface area (Å²) >= 11 is 1.75. The van der Waals surface area contributed by atoms with Crippen molar-refractivity contribution in [2.75, 3.05) is 23.6 Å². The number of hydrogen-bond donors (Lipinski definition) is 3. The van der Waals surface area contributed by atoms with E-state index in [4.69, 9.17) is 4.74 Å². The zero-order valence-corrected chi connectivity index (χ0v) is 21.6. The lowest BCUT2D eigenvalue weighted by Gasteiger charge is -2.28. The lowest BCUT2D eigenvalue weighted by atomic mass is 9.79. The molecule has 33 heavy (non-hydrogen) atoms. The van der Waals surface area contributed by atoms with Gasteiger partial charge in [-0.25, -0.2) is 0 Å². The molecular weight excluding hydrogens is 428 g/mol. The highest BCUT2D eigenvalue weighted by molar-refractivity contribution is 7.99. The predicted molar refractivity (Wildman–Crippen MR) is 143 cm³/mol. The highest BCUT2D eigenvalue weighted by atomic mass is 32.2. The lowest BCUT2D eigenvalue weighted by molar-refractivity contribution is 0.415. The number of benzene rings is 3. The Morgan fingerprint density at radius 2 is 1.21 bits per heavy atom. The first-order chi connectivity index (χ1) is 15.5. The van der Waals surface area contributed by atoms with Crippen LogP contribution in [0.2, 0.25) is 0 Å². The van der Waals surface area contributed by atoms with Crippen LogP contribution in [0.1, 0.15) is 52.7 Å². The van der Waals surface area contributed by atoms with Gasteiger partial charge in [0.1, 0.15) is 11.5 Å². The molecule has 3 rings (SSSR count). The largest absolute Gasteiger partial charge is 0.507 e. The third-order valence-electron chi connectivity index (χ3n) is 5.48. The van der Waals surface area contributed by atoms with E-state index in [1.807, 2.05) is 24.3 Å². The van der Waals surface area contributed by atoms with Crippen molar-refractivity contribution in [1.29, 1.82) is 0 Å². The van der Waals surface area contributed by atoms with Crippen molar-refractivity contribution in [2.24, 2.45) is 0 Å². The maximum atomic E-state index is 10.9. The van der Waals surface area contributed by atoms with Crippen LogP contribution >= 0.6 is 11.8 Å². The summed E-state index contributed by atoms with van der Waals surface area (Å²) in [6.45, 7) is 12.8. The summed E-state index contributed by atoms with van der Waals surface area (Å²) in [5.41, 5.74) is 4.85. The van der Waals surface area contributed by atoms with Gasteiger partial charge < -0.3 is 20.5 Å². The third kappa shape index (κ3) is 6.61. The van der Waals surface area contributed by atoms with E-state index in [9.17, 15) is 5.11 Å². The molecule has 3 N–H and O–H groups in total. The monoisotopic (exact) mass is 464 g/mol. The number of phenolic OH excluding ortho intramolecular Hbond substituents is 1. The number of hydrogen-bond acceptors (Lipinski definition) is 5. The van der Waals surface area contributed by atoms with Crippen LogP contribution < -0.4 is 15.4 Å². The minimum Gasteiger partial charge on any atom is -0.507 e. The Hall–Kier alpha value is -2.79. The van der Waals surface area contributed by atoms with Gasteiger partial charge in [-0.3, -0.25) is 0 Å². The van der Waals surface area contributed by atoms with E-state index < -0.39 is 0 Å². The molecule has 0 bridgehead atoms. The summed E-state index contributed by atoms with van der Waals surface area (Å²) in [6.07, 6.45) is 0. The average Bonchev–Trinajstić information content (AvgIpc) is 2.75. The molecule has 0 spiro atoms. The van der Waals surface area contributed by atoms with Crippen LogP contribution in [0.4, 0.5) is 17.1 Å².